The summed E-state index contributed by atoms with van der Waals surface area (Å²) in [7, 11) is -3.81. The number of carbonyl (C=O) groups is 1. The largest absolute Gasteiger partial charge is 0.416 e. The molecule has 2 fully saturated rings. The SMILES string of the molecule is CCS(=O)(=O)c1ccc2c(C(=O)N[C@H](c3ccccc3)C(F)(F)F)c(CN3CCC(N4CCOCC4)CC3)c(-c3cccc(C(F)(F)F)c3)nc2c1. The van der Waals surface area contributed by atoms with Crippen molar-refractivity contribution in [3.05, 3.63) is 95.1 Å². The third kappa shape index (κ3) is 8.27. The number of hydrogen-bond acceptors (Lipinski definition) is 7. The number of hydrogen-bond donors (Lipinski definition) is 1. The van der Waals surface area contributed by atoms with Crippen LogP contribution in [0.25, 0.3) is 22.2 Å². The summed E-state index contributed by atoms with van der Waals surface area (Å²) in [5.74, 6) is -1.40. The van der Waals surface area contributed by atoms with Crippen molar-refractivity contribution < 1.29 is 44.3 Å². The average Bonchev–Trinajstić information content (AvgIpc) is 3.13. The van der Waals surface area contributed by atoms with Gasteiger partial charge in [-0.05, 0) is 55.8 Å². The van der Waals surface area contributed by atoms with Crippen molar-refractivity contribution in [2.24, 2.45) is 0 Å². The molecule has 0 unspecified atom stereocenters. The molecule has 1 atom stereocenters. The molecule has 4 aromatic rings. The third-order valence-corrected chi connectivity index (χ3v) is 11.5. The summed E-state index contributed by atoms with van der Waals surface area (Å²) < 4.78 is 117. The lowest BCUT2D eigenvalue weighted by Crippen LogP contribution is -2.48. The van der Waals surface area contributed by atoms with Crippen LogP contribution in [0.4, 0.5) is 26.3 Å². The van der Waals surface area contributed by atoms with Gasteiger partial charge in [-0.1, -0.05) is 55.5 Å². The number of benzene rings is 3. The van der Waals surface area contributed by atoms with E-state index in [1.165, 1.54) is 61.5 Å². The Balaban J connectivity index is 1.52. The number of likely N-dealkylation sites (tertiary alicyclic amines) is 1. The lowest BCUT2D eigenvalue weighted by Gasteiger charge is -2.40. The van der Waals surface area contributed by atoms with Crippen LogP contribution in [0.15, 0.2) is 77.7 Å². The van der Waals surface area contributed by atoms with Crippen molar-refractivity contribution in [1.29, 1.82) is 0 Å². The van der Waals surface area contributed by atoms with Crippen molar-refractivity contribution in [2.75, 3.05) is 45.1 Å². The Hall–Kier alpha value is -4.05. The number of nitrogens with zero attached hydrogens (tertiary/aromatic N) is 3. The van der Waals surface area contributed by atoms with Gasteiger partial charge in [-0.25, -0.2) is 13.4 Å². The van der Waals surface area contributed by atoms with E-state index in [1.54, 1.807) is 6.07 Å². The molecule has 0 aliphatic carbocycles. The summed E-state index contributed by atoms with van der Waals surface area (Å²) in [5, 5.41) is 2.22. The van der Waals surface area contributed by atoms with Gasteiger partial charge in [-0.3, -0.25) is 14.6 Å². The highest BCUT2D eigenvalue weighted by Gasteiger charge is 2.43. The monoisotopic (exact) mass is 748 g/mol. The number of rotatable bonds is 9. The van der Waals surface area contributed by atoms with E-state index in [0.29, 0.717) is 26.3 Å². The maximum atomic E-state index is 14.6. The molecule has 278 valence electrons. The minimum atomic E-state index is -4.91. The van der Waals surface area contributed by atoms with E-state index in [1.807, 2.05) is 4.90 Å². The Morgan fingerprint density at radius 3 is 2.25 bits per heavy atom. The summed E-state index contributed by atoms with van der Waals surface area (Å²) in [6.45, 7) is 5.37. The first-order valence-electron chi connectivity index (χ1n) is 17.0. The minimum absolute atomic E-state index is 0.00979. The van der Waals surface area contributed by atoms with Crippen molar-refractivity contribution >= 4 is 26.6 Å². The van der Waals surface area contributed by atoms with Crippen LogP contribution >= 0.6 is 0 Å². The number of alkyl halides is 6. The molecule has 0 radical (unpaired) electrons. The van der Waals surface area contributed by atoms with Gasteiger partial charge in [0.05, 0.1) is 46.2 Å². The molecule has 8 nitrogen and oxygen atoms in total. The molecule has 2 aliphatic rings. The molecular weight excluding hydrogens is 710 g/mol. The van der Waals surface area contributed by atoms with E-state index >= 15 is 0 Å². The maximum Gasteiger partial charge on any atom is 0.416 e. The number of fused-ring (bicyclic) bond motifs is 1. The van der Waals surface area contributed by atoms with Gasteiger partial charge in [0.1, 0.15) is 0 Å². The molecular formula is C37H38F6N4O4S. The molecule has 2 aliphatic heterocycles. The standard InChI is InChI=1S/C37H38F6N4O4S/c1-2-52(49,50)28-11-12-29-31(22-28)44-33(25-9-6-10-26(21-25)36(38,39)40)30(23-46-15-13-27(14-16-46)47-17-19-51-20-18-47)32(29)35(48)45-34(37(41,42)43)24-7-4-3-5-8-24/h3-12,21-22,27,34H,2,13-20,23H2,1H3,(H,45,48)/t34-/m1/s1. The van der Waals surface area contributed by atoms with E-state index in [0.717, 1.165) is 38.1 Å². The van der Waals surface area contributed by atoms with E-state index < -0.39 is 39.7 Å². The van der Waals surface area contributed by atoms with Crippen LogP contribution in [-0.2, 0) is 27.3 Å². The van der Waals surface area contributed by atoms with Crippen molar-refractivity contribution in [3.63, 3.8) is 0 Å². The molecule has 1 aromatic heterocycles. The second-order valence-corrected chi connectivity index (χ2v) is 15.3. The lowest BCUT2D eigenvalue weighted by atomic mass is 9.93. The van der Waals surface area contributed by atoms with Crippen LogP contribution in [0.1, 0.15) is 52.9 Å². The Kier molecular flexibility index (Phi) is 11.0. The van der Waals surface area contributed by atoms with Crippen LogP contribution in [0, 0.1) is 0 Å². The number of aromatic nitrogens is 1. The highest BCUT2D eigenvalue weighted by molar-refractivity contribution is 7.91. The average molecular weight is 749 g/mol. The number of ether oxygens (including phenoxy) is 1. The quantitative estimate of drug-likeness (QED) is 0.184. The molecule has 3 aromatic carbocycles. The number of amides is 1. The zero-order valence-corrected chi connectivity index (χ0v) is 29.1. The van der Waals surface area contributed by atoms with Crippen LogP contribution in [0.5, 0.6) is 0 Å². The normalized spacial score (nSPS) is 17.7. The molecule has 15 heteroatoms. The van der Waals surface area contributed by atoms with Gasteiger partial charge in [0.2, 0.25) is 0 Å². The Morgan fingerprint density at radius 1 is 0.923 bits per heavy atom. The van der Waals surface area contributed by atoms with E-state index in [-0.39, 0.29) is 62.1 Å². The smallest absolute Gasteiger partial charge is 0.379 e. The fourth-order valence-corrected chi connectivity index (χ4v) is 7.85. The van der Waals surface area contributed by atoms with Gasteiger partial charge in [-0.2, -0.15) is 26.3 Å². The van der Waals surface area contributed by atoms with Gasteiger partial charge >= 0.3 is 12.4 Å². The number of pyridine rings is 1. The number of nitrogens with one attached hydrogen (secondary N) is 1. The number of halogens is 6. The third-order valence-electron chi connectivity index (χ3n) is 9.72. The van der Waals surface area contributed by atoms with Gasteiger partial charge < -0.3 is 10.1 Å². The van der Waals surface area contributed by atoms with E-state index in [9.17, 15) is 39.6 Å². The van der Waals surface area contributed by atoms with Gasteiger partial charge in [0.25, 0.3) is 5.91 Å². The molecule has 1 N–H and O–H groups in total. The summed E-state index contributed by atoms with van der Waals surface area (Å²) in [6.07, 6.45) is -8.13. The second-order valence-electron chi connectivity index (χ2n) is 13.0. The highest BCUT2D eigenvalue weighted by atomic mass is 32.2. The first kappa shape index (κ1) is 37.7. The zero-order chi connectivity index (χ0) is 37.3. The number of sulfone groups is 1. The first-order valence-corrected chi connectivity index (χ1v) is 18.6. The molecule has 0 saturated carbocycles. The number of carbonyl (C=O) groups excluding carboxylic acids is 1. The van der Waals surface area contributed by atoms with Crippen LogP contribution < -0.4 is 5.32 Å². The van der Waals surface area contributed by atoms with Crippen molar-refractivity contribution in [1.82, 2.24) is 20.1 Å². The Bertz CT molecular complexity index is 2010. The maximum absolute atomic E-state index is 14.6. The topological polar surface area (TPSA) is 91.8 Å². The predicted octanol–water partition coefficient (Wildman–Crippen LogP) is 7.04. The molecule has 0 spiro atoms. The summed E-state index contributed by atoms with van der Waals surface area (Å²) in [4.78, 5) is 23.3. The summed E-state index contributed by atoms with van der Waals surface area (Å²) in [5.41, 5.74) is -1.45. The number of morpholine rings is 1. The Morgan fingerprint density at radius 2 is 1.62 bits per heavy atom. The van der Waals surface area contributed by atoms with Crippen LogP contribution in [0.3, 0.4) is 0 Å². The molecule has 52 heavy (non-hydrogen) atoms. The minimum Gasteiger partial charge on any atom is -0.379 e. The highest BCUT2D eigenvalue weighted by Crippen LogP contribution is 2.38. The van der Waals surface area contributed by atoms with Gasteiger partial charge in [-0.15, -0.1) is 0 Å². The van der Waals surface area contributed by atoms with Gasteiger partial charge in [0, 0.05) is 42.2 Å². The Labute approximate surface area is 297 Å². The fraction of sp³-hybridized carbons (Fsp3) is 0.405. The summed E-state index contributed by atoms with van der Waals surface area (Å²) in [6, 6.07) is 12.8. The van der Waals surface area contributed by atoms with Crippen molar-refractivity contribution in [2.45, 2.75) is 55.6 Å². The molecule has 0 bridgehead atoms. The fourth-order valence-electron chi connectivity index (χ4n) is 6.95. The molecule has 2 saturated heterocycles. The molecule has 1 amide bonds. The molecule has 6 rings (SSSR count). The lowest BCUT2D eigenvalue weighted by molar-refractivity contribution is -0.155. The predicted molar refractivity (Wildman–Crippen MR) is 183 cm³/mol. The van der Waals surface area contributed by atoms with Crippen molar-refractivity contribution in [3.8, 4) is 11.3 Å². The number of piperidine rings is 1. The summed E-state index contributed by atoms with van der Waals surface area (Å²) >= 11 is 0. The van der Waals surface area contributed by atoms with Gasteiger partial charge in [0.15, 0.2) is 15.9 Å². The van der Waals surface area contributed by atoms with Crippen LogP contribution in [-0.4, -0.2) is 86.5 Å². The second kappa shape index (κ2) is 15.1. The zero-order valence-electron chi connectivity index (χ0n) is 28.3. The van der Waals surface area contributed by atoms with E-state index in [2.05, 4.69) is 15.2 Å². The van der Waals surface area contributed by atoms with E-state index in [4.69, 9.17) is 4.74 Å². The first-order chi connectivity index (χ1) is 24.7. The van der Waals surface area contributed by atoms with Crippen LogP contribution in [0.2, 0.25) is 0 Å². The molecule has 3 heterocycles.